The van der Waals surface area contributed by atoms with Crippen LogP contribution in [0.1, 0.15) is 51.0 Å². The Morgan fingerprint density at radius 3 is 2.39 bits per heavy atom. The highest BCUT2D eigenvalue weighted by Crippen LogP contribution is 2.16. The van der Waals surface area contributed by atoms with E-state index in [1.165, 1.54) is 37.8 Å². The number of carbonyl (C=O) groups excluding carboxylic acids is 2. The summed E-state index contributed by atoms with van der Waals surface area (Å²) in [6.45, 7) is 7.21. The second-order valence-corrected chi connectivity index (χ2v) is 10.3. The first-order valence-corrected chi connectivity index (χ1v) is 14.1. The molecule has 1 aliphatic heterocycles. The van der Waals surface area contributed by atoms with E-state index < -0.39 is 0 Å². The molecule has 1 fully saturated rings. The summed E-state index contributed by atoms with van der Waals surface area (Å²) in [5.74, 6) is -0.287. The number of hydrogen-bond acceptors (Lipinski definition) is 3. The largest absolute Gasteiger partial charge is 0.338 e. The van der Waals surface area contributed by atoms with E-state index in [1.807, 2.05) is 6.07 Å². The van der Waals surface area contributed by atoms with Crippen LogP contribution in [0.3, 0.4) is 0 Å². The maximum Gasteiger partial charge on any atom is 0.321 e. The highest BCUT2D eigenvalue weighted by Gasteiger charge is 2.22. The van der Waals surface area contributed by atoms with E-state index in [0.717, 1.165) is 31.5 Å². The van der Waals surface area contributed by atoms with Gasteiger partial charge in [-0.25, -0.2) is 14.0 Å². The average Bonchev–Trinajstić information content (AvgIpc) is 2.91. The minimum absolute atomic E-state index is 0.0950. The molecule has 0 atom stereocenters. The molecule has 208 valence electrons. The van der Waals surface area contributed by atoms with Gasteiger partial charge in [-0.05, 0) is 42.3 Å². The summed E-state index contributed by atoms with van der Waals surface area (Å²) in [6, 6.07) is 13.2. The zero-order valence-corrected chi connectivity index (χ0v) is 23.2. The van der Waals surface area contributed by atoms with Crippen molar-refractivity contribution in [3.63, 3.8) is 0 Å². The van der Waals surface area contributed by atoms with E-state index in [4.69, 9.17) is 11.6 Å². The van der Waals surface area contributed by atoms with E-state index in [9.17, 15) is 14.0 Å². The molecule has 1 aliphatic rings. The Labute approximate surface area is 231 Å². The standard InChI is InChI=1S/C29H41ClFN5O2/c1-2-3-4-5-6-7-15-32-28(37)36(23-24-11-13-26(31)14-12-24)21-18-34-16-19-35(20-17-34)29(38)33-27-10-8-9-25(30)22-27/h8-14,22H,2-7,15-21,23H2,1H3,(H,32,37)(H,33,38). The highest BCUT2D eigenvalue weighted by molar-refractivity contribution is 6.30. The van der Waals surface area contributed by atoms with Crippen LogP contribution in [-0.4, -0.2) is 72.6 Å². The monoisotopic (exact) mass is 545 g/mol. The lowest BCUT2D eigenvalue weighted by atomic mass is 10.1. The van der Waals surface area contributed by atoms with Crippen molar-refractivity contribution in [2.45, 2.75) is 52.0 Å². The number of urea groups is 2. The molecule has 1 saturated heterocycles. The van der Waals surface area contributed by atoms with Gasteiger partial charge in [-0.2, -0.15) is 0 Å². The van der Waals surface area contributed by atoms with Crippen molar-refractivity contribution in [2.24, 2.45) is 0 Å². The molecule has 0 spiro atoms. The Kier molecular flexibility index (Phi) is 12.7. The van der Waals surface area contributed by atoms with Gasteiger partial charge >= 0.3 is 12.1 Å². The molecule has 0 aromatic heterocycles. The van der Waals surface area contributed by atoms with E-state index in [-0.39, 0.29) is 17.9 Å². The van der Waals surface area contributed by atoms with Gasteiger partial charge in [-0.1, -0.05) is 68.8 Å². The van der Waals surface area contributed by atoms with Crippen LogP contribution in [0.4, 0.5) is 19.7 Å². The zero-order valence-electron chi connectivity index (χ0n) is 22.4. The fourth-order valence-corrected chi connectivity index (χ4v) is 4.67. The summed E-state index contributed by atoms with van der Waals surface area (Å²) in [6.07, 6.45) is 7.02. The van der Waals surface area contributed by atoms with Crippen molar-refractivity contribution < 1.29 is 14.0 Å². The van der Waals surface area contributed by atoms with Crippen LogP contribution in [-0.2, 0) is 6.54 Å². The maximum atomic E-state index is 13.4. The topological polar surface area (TPSA) is 67.9 Å². The number of anilines is 1. The molecule has 0 bridgehead atoms. The molecular formula is C29H41ClFN5O2. The van der Waals surface area contributed by atoms with Gasteiger partial charge in [0.15, 0.2) is 0 Å². The number of halogens is 2. The lowest BCUT2D eigenvalue weighted by Gasteiger charge is -2.35. The number of nitrogens with zero attached hydrogens (tertiary/aromatic N) is 3. The van der Waals surface area contributed by atoms with Gasteiger partial charge in [0.2, 0.25) is 0 Å². The quantitative estimate of drug-likeness (QED) is 0.294. The van der Waals surface area contributed by atoms with Crippen molar-refractivity contribution in [3.05, 3.63) is 64.9 Å². The van der Waals surface area contributed by atoms with E-state index in [1.54, 1.807) is 40.1 Å². The molecule has 7 nitrogen and oxygen atoms in total. The number of piperazine rings is 1. The summed E-state index contributed by atoms with van der Waals surface area (Å²) in [5, 5.41) is 6.54. The lowest BCUT2D eigenvalue weighted by Crippen LogP contribution is -2.52. The third kappa shape index (κ3) is 10.5. The number of hydrogen-bond donors (Lipinski definition) is 2. The predicted octanol–water partition coefficient (Wildman–Crippen LogP) is 6.20. The van der Waals surface area contributed by atoms with Gasteiger partial charge in [0.05, 0.1) is 0 Å². The van der Waals surface area contributed by atoms with Crippen LogP contribution < -0.4 is 10.6 Å². The van der Waals surface area contributed by atoms with Gasteiger partial charge < -0.3 is 20.4 Å². The SMILES string of the molecule is CCCCCCCCNC(=O)N(CCN1CCN(C(=O)Nc2cccc(Cl)c2)CC1)Cc1ccc(F)cc1. The molecule has 38 heavy (non-hydrogen) atoms. The van der Waals surface area contributed by atoms with Crippen molar-refractivity contribution in [2.75, 3.05) is 51.1 Å². The molecule has 9 heteroatoms. The van der Waals surface area contributed by atoms with Gasteiger partial charge in [-0.15, -0.1) is 0 Å². The lowest BCUT2D eigenvalue weighted by molar-refractivity contribution is 0.134. The molecule has 4 amide bonds. The number of rotatable bonds is 13. The summed E-state index contributed by atoms with van der Waals surface area (Å²) < 4.78 is 13.4. The summed E-state index contributed by atoms with van der Waals surface area (Å²) in [7, 11) is 0. The van der Waals surface area contributed by atoms with Crippen molar-refractivity contribution in [1.29, 1.82) is 0 Å². The number of benzene rings is 2. The number of amides is 4. The molecule has 2 aromatic carbocycles. The Bertz CT molecular complexity index is 999. The first-order chi connectivity index (χ1) is 18.4. The highest BCUT2D eigenvalue weighted by atomic mass is 35.5. The average molecular weight is 546 g/mol. The molecule has 0 aliphatic carbocycles. The molecule has 0 unspecified atom stereocenters. The molecular weight excluding hydrogens is 505 g/mol. The van der Waals surface area contributed by atoms with Crippen LogP contribution in [0.25, 0.3) is 0 Å². The number of unbranched alkanes of at least 4 members (excludes halogenated alkanes) is 5. The van der Waals surface area contributed by atoms with Crippen LogP contribution in [0.15, 0.2) is 48.5 Å². The van der Waals surface area contributed by atoms with Crippen LogP contribution in [0.5, 0.6) is 0 Å². The number of carbonyl (C=O) groups is 2. The molecule has 0 radical (unpaired) electrons. The maximum absolute atomic E-state index is 13.4. The van der Waals surface area contributed by atoms with Gasteiger partial charge in [-0.3, -0.25) is 4.90 Å². The summed E-state index contributed by atoms with van der Waals surface area (Å²) in [5.41, 5.74) is 1.57. The summed E-state index contributed by atoms with van der Waals surface area (Å²) in [4.78, 5) is 31.5. The third-order valence-electron chi connectivity index (χ3n) is 6.80. The van der Waals surface area contributed by atoms with Gasteiger partial charge in [0, 0.05) is 63.1 Å². The first-order valence-electron chi connectivity index (χ1n) is 13.8. The Morgan fingerprint density at radius 2 is 1.68 bits per heavy atom. The second-order valence-electron chi connectivity index (χ2n) is 9.82. The minimum Gasteiger partial charge on any atom is -0.338 e. The normalized spacial score (nSPS) is 13.8. The second kappa shape index (κ2) is 16.2. The van der Waals surface area contributed by atoms with Gasteiger partial charge in [0.1, 0.15) is 5.82 Å². The smallest absolute Gasteiger partial charge is 0.321 e. The molecule has 2 N–H and O–H groups in total. The Morgan fingerprint density at radius 1 is 0.974 bits per heavy atom. The predicted molar refractivity (Wildman–Crippen MR) is 152 cm³/mol. The first kappa shape index (κ1) is 29.7. The molecule has 1 heterocycles. The molecule has 3 rings (SSSR count). The van der Waals surface area contributed by atoms with Crippen molar-refractivity contribution in [3.8, 4) is 0 Å². The molecule has 0 saturated carbocycles. The van der Waals surface area contributed by atoms with E-state index in [0.29, 0.717) is 50.0 Å². The Balaban J connectivity index is 1.45. The Hall–Kier alpha value is -2.84. The zero-order chi connectivity index (χ0) is 27.2. The van der Waals surface area contributed by atoms with Crippen LogP contribution >= 0.6 is 11.6 Å². The summed E-state index contributed by atoms with van der Waals surface area (Å²) >= 11 is 6.01. The van der Waals surface area contributed by atoms with E-state index >= 15 is 0 Å². The van der Waals surface area contributed by atoms with Crippen molar-refractivity contribution in [1.82, 2.24) is 20.0 Å². The third-order valence-corrected chi connectivity index (χ3v) is 7.04. The van der Waals surface area contributed by atoms with Crippen LogP contribution in [0.2, 0.25) is 5.02 Å². The molecule has 2 aromatic rings. The minimum atomic E-state index is -0.287. The van der Waals surface area contributed by atoms with Crippen molar-refractivity contribution >= 4 is 29.4 Å². The number of nitrogens with one attached hydrogen (secondary N) is 2. The fourth-order valence-electron chi connectivity index (χ4n) is 4.48. The van der Waals surface area contributed by atoms with Crippen LogP contribution in [0, 0.1) is 5.82 Å². The van der Waals surface area contributed by atoms with Gasteiger partial charge in [0.25, 0.3) is 0 Å². The fraction of sp³-hybridized carbons (Fsp3) is 0.517. The van der Waals surface area contributed by atoms with E-state index in [2.05, 4.69) is 22.5 Å².